The first-order valence-corrected chi connectivity index (χ1v) is 5.59. The number of alkyl halides is 3. The number of hydrogen-bond donors (Lipinski definition) is 0. The minimum Gasteiger partial charge on any atom is -0.484 e. The molecule has 1 heterocycles. The average Bonchev–Trinajstić information content (AvgIpc) is 2.79. The monoisotopic (exact) mass is 245 g/mol. The highest BCUT2D eigenvalue weighted by Gasteiger charge is 2.28. The molecule has 0 atom stereocenters. The molecule has 1 saturated heterocycles. The Balaban J connectivity index is 2.01. The van der Waals surface area contributed by atoms with E-state index >= 15 is 0 Å². The van der Waals surface area contributed by atoms with Gasteiger partial charge in [0.15, 0.2) is 6.61 Å². The van der Waals surface area contributed by atoms with Crippen LogP contribution in [0.2, 0.25) is 0 Å². The first kappa shape index (κ1) is 12.1. The summed E-state index contributed by atoms with van der Waals surface area (Å²) >= 11 is 0. The molecule has 0 amide bonds. The molecule has 0 unspecified atom stereocenters. The predicted octanol–water partition coefficient (Wildman–Crippen LogP) is 3.23. The highest BCUT2D eigenvalue weighted by molar-refractivity contribution is 5.51. The molecule has 17 heavy (non-hydrogen) atoms. The van der Waals surface area contributed by atoms with E-state index in [2.05, 4.69) is 4.90 Å². The van der Waals surface area contributed by atoms with Gasteiger partial charge in [0.1, 0.15) is 5.75 Å². The number of hydrogen-bond acceptors (Lipinski definition) is 2. The Labute approximate surface area is 98.0 Å². The summed E-state index contributed by atoms with van der Waals surface area (Å²) in [6.45, 7) is 0.682. The molecular weight excluding hydrogens is 231 g/mol. The SMILES string of the molecule is FC(F)(F)COc1cccc(N2CCCC2)c1. The Bertz CT molecular complexity index is 372. The maximum Gasteiger partial charge on any atom is 0.422 e. The van der Waals surface area contributed by atoms with Crippen LogP contribution in [-0.4, -0.2) is 25.9 Å². The van der Waals surface area contributed by atoms with Crippen molar-refractivity contribution in [3.8, 4) is 5.75 Å². The van der Waals surface area contributed by atoms with Gasteiger partial charge in [-0.3, -0.25) is 0 Å². The van der Waals surface area contributed by atoms with Crippen molar-refractivity contribution in [1.29, 1.82) is 0 Å². The van der Waals surface area contributed by atoms with Crippen LogP contribution >= 0.6 is 0 Å². The number of halogens is 3. The third kappa shape index (κ3) is 3.54. The molecule has 2 rings (SSSR count). The van der Waals surface area contributed by atoms with Crippen LogP contribution in [0.25, 0.3) is 0 Å². The quantitative estimate of drug-likeness (QED) is 0.810. The second-order valence-corrected chi connectivity index (χ2v) is 4.10. The Kier molecular flexibility index (Phi) is 3.45. The Morgan fingerprint density at radius 3 is 2.53 bits per heavy atom. The Morgan fingerprint density at radius 2 is 1.88 bits per heavy atom. The summed E-state index contributed by atoms with van der Waals surface area (Å²) in [5, 5.41) is 0. The zero-order valence-electron chi connectivity index (χ0n) is 9.33. The lowest BCUT2D eigenvalue weighted by atomic mass is 10.3. The first-order valence-electron chi connectivity index (χ1n) is 5.59. The largest absolute Gasteiger partial charge is 0.484 e. The molecule has 94 valence electrons. The van der Waals surface area contributed by atoms with Gasteiger partial charge in [0.05, 0.1) is 0 Å². The molecule has 0 aromatic heterocycles. The van der Waals surface area contributed by atoms with E-state index in [0.717, 1.165) is 31.6 Å². The summed E-state index contributed by atoms with van der Waals surface area (Å²) in [6, 6.07) is 6.83. The molecular formula is C12H14F3NO. The Hall–Kier alpha value is -1.39. The molecule has 1 aromatic rings. The molecule has 1 fully saturated rings. The fraction of sp³-hybridized carbons (Fsp3) is 0.500. The van der Waals surface area contributed by atoms with E-state index in [9.17, 15) is 13.2 Å². The second-order valence-electron chi connectivity index (χ2n) is 4.10. The van der Waals surface area contributed by atoms with Gasteiger partial charge >= 0.3 is 6.18 Å². The minimum atomic E-state index is -4.29. The molecule has 0 radical (unpaired) electrons. The minimum absolute atomic E-state index is 0.270. The van der Waals surface area contributed by atoms with Crippen LogP contribution in [-0.2, 0) is 0 Å². The predicted molar refractivity (Wildman–Crippen MR) is 59.4 cm³/mol. The standard InChI is InChI=1S/C12H14F3NO/c13-12(14,15)9-17-11-5-3-4-10(8-11)16-6-1-2-7-16/h3-5,8H,1-2,6-7,9H2. The van der Waals surface area contributed by atoms with Crippen LogP contribution in [0, 0.1) is 0 Å². The van der Waals surface area contributed by atoms with Gasteiger partial charge in [-0.15, -0.1) is 0 Å². The smallest absolute Gasteiger partial charge is 0.422 e. The molecule has 5 heteroatoms. The van der Waals surface area contributed by atoms with Crippen LogP contribution in [0.3, 0.4) is 0 Å². The molecule has 1 aliphatic heterocycles. The van der Waals surface area contributed by atoms with E-state index in [-0.39, 0.29) is 5.75 Å². The van der Waals surface area contributed by atoms with Gasteiger partial charge in [-0.25, -0.2) is 0 Å². The first-order chi connectivity index (χ1) is 8.04. The average molecular weight is 245 g/mol. The van der Waals surface area contributed by atoms with E-state index in [1.807, 2.05) is 6.07 Å². The lowest BCUT2D eigenvalue weighted by Crippen LogP contribution is -2.20. The van der Waals surface area contributed by atoms with E-state index in [1.165, 1.54) is 0 Å². The van der Waals surface area contributed by atoms with E-state index in [1.54, 1.807) is 18.2 Å². The van der Waals surface area contributed by atoms with Crippen molar-refractivity contribution in [3.63, 3.8) is 0 Å². The van der Waals surface area contributed by atoms with Crippen molar-refractivity contribution in [2.45, 2.75) is 19.0 Å². The summed E-state index contributed by atoms with van der Waals surface area (Å²) < 4.78 is 40.7. The van der Waals surface area contributed by atoms with Crippen molar-refractivity contribution in [2.24, 2.45) is 0 Å². The van der Waals surface area contributed by atoms with Crippen LogP contribution in [0.1, 0.15) is 12.8 Å². The van der Waals surface area contributed by atoms with Crippen LogP contribution in [0.5, 0.6) is 5.75 Å². The third-order valence-corrected chi connectivity index (χ3v) is 2.69. The van der Waals surface area contributed by atoms with Crippen molar-refractivity contribution in [2.75, 3.05) is 24.6 Å². The molecule has 1 aliphatic rings. The lowest BCUT2D eigenvalue weighted by molar-refractivity contribution is -0.153. The maximum absolute atomic E-state index is 12.0. The summed E-state index contributed by atoms with van der Waals surface area (Å²) in [7, 11) is 0. The summed E-state index contributed by atoms with van der Waals surface area (Å²) in [5.41, 5.74) is 0.933. The van der Waals surface area contributed by atoms with Crippen molar-refractivity contribution in [3.05, 3.63) is 24.3 Å². The number of ether oxygens (including phenoxy) is 1. The van der Waals surface area contributed by atoms with Crippen LogP contribution < -0.4 is 9.64 Å². The number of benzene rings is 1. The second kappa shape index (κ2) is 4.85. The van der Waals surface area contributed by atoms with Crippen molar-refractivity contribution in [1.82, 2.24) is 0 Å². The summed E-state index contributed by atoms with van der Waals surface area (Å²) in [5.74, 6) is 0.270. The number of nitrogens with zero attached hydrogens (tertiary/aromatic N) is 1. The van der Waals surface area contributed by atoms with Gasteiger partial charge < -0.3 is 9.64 Å². The van der Waals surface area contributed by atoms with Gasteiger partial charge in [0.2, 0.25) is 0 Å². The molecule has 0 saturated carbocycles. The summed E-state index contributed by atoms with van der Waals surface area (Å²) in [4.78, 5) is 2.15. The highest BCUT2D eigenvalue weighted by atomic mass is 19.4. The molecule has 0 aliphatic carbocycles. The maximum atomic E-state index is 12.0. The summed E-state index contributed by atoms with van der Waals surface area (Å²) in [6.07, 6.45) is -2.02. The zero-order chi connectivity index (χ0) is 12.3. The highest BCUT2D eigenvalue weighted by Crippen LogP contribution is 2.25. The molecule has 0 spiro atoms. The zero-order valence-corrected chi connectivity index (χ0v) is 9.33. The fourth-order valence-corrected chi connectivity index (χ4v) is 1.91. The van der Waals surface area contributed by atoms with E-state index in [4.69, 9.17) is 4.74 Å². The molecule has 0 bridgehead atoms. The number of anilines is 1. The van der Waals surface area contributed by atoms with Crippen LogP contribution in [0.15, 0.2) is 24.3 Å². The lowest BCUT2D eigenvalue weighted by Gasteiger charge is -2.18. The number of rotatable bonds is 3. The topological polar surface area (TPSA) is 12.5 Å². The molecule has 1 aromatic carbocycles. The molecule has 0 N–H and O–H groups in total. The van der Waals surface area contributed by atoms with E-state index in [0.29, 0.717) is 0 Å². The van der Waals surface area contributed by atoms with Gasteiger partial charge in [0, 0.05) is 24.8 Å². The van der Waals surface area contributed by atoms with Crippen molar-refractivity contribution >= 4 is 5.69 Å². The van der Waals surface area contributed by atoms with Crippen LogP contribution in [0.4, 0.5) is 18.9 Å². The van der Waals surface area contributed by atoms with Gasteiger partial charge in [-0.1, -0.05) is 6.07 Å². The van der Waals surface area contributed by atoms with Gasteiger partial charge in [0.25, 0.3) is 0 Å². The fourth-order valence-electron chi connectivity index (χ4n) is 1.91. The molecule has 2 nitrogen and oxygen atoms in total. The normalized spacial score (nSPS) is 16.3. The van der Waals surface area contributed by atoms with Gasteiger partial charge in [-0.05, 0) is 25.0 Å². The van der Waals surface area contributed by atoms with Gasteiger partial charge in [-0.2, -0.15) is 13.2 Å². The van der Waals surface area contributed by atoms with E-state index < -0.39 is 12.8 Å². The Morgan fingerprint density at radius 1 is 1.18 bits per heavy atom. The van der Waals surface area contributed by atoms with Crippen molar-refractivity contribution < 1.29 is 17.9 Å². The third-order valence-electron chi connectivity index (χ3n) is 2.69.